The molecule has 1 unspecified atom stereocenters. The summed E-state index contributed by atoms with van der Waals surface area (Å²) < 4.78 is 5.48. The lowest BCUT2D eigenvalue weighted by Crippen LogP contribution is -2.30. The number of hydrogen-bond acceptors (Lipinski definition) is 2. The second-order valence-corrected chi connectivity index (χ2v) is 5.61. The largest absolute Gasteiger partial charge is 0.496 e. The highest BCUT2D eigenvalue weighted by Crippen LogP contribution is 2.32. The topological polar surface area (TPSA) is 21.3 Å². The van der Waals surface area contributed by atoms with E-state index in [9.17, 15) is 0 Å². The molecule has 0 aromatic heterocycles. The summed E-state index contributed by atoms with van der Waals surface area (Å²) in [4.78, 5) is 0. The van der Waals surface area contributed by atoms with E-state index in [1.807, 2.05) is 0 Å². The van der Waals surface area contributed by atoms with Crippen LogP contribution in [0, 0.1) is 5.92 Å². The number of nitrogens with one attached hydrogen (secondary N) is 1. The monoisotopic (exact) mass is 247 g/mol. The van der Waals surface area contributed by atoms with Crippen molar-refractivity contribution in [3.63, 3.8) is 0 Å². The third-order valence-corrected chi connectivity index (χ3v) is 3.80. The molecule has 0 radical (unpaired) electrons. The lowest BCUT2D eigenvalue weighted by molar-refractivity contribution is 0.392. The van der Waals surface area contributed by atoms with Crippen LogP contribution in [0.3, 0.4) is 0 Å². The summed E-state index contributed by atoms with van der Waals surface area (Å²) in [5, 5.41) is 3.64. The van der Waals surface area contributed by atoms with Crippen LogP contribution < -0.4 is 10.1 Å². The first-order chi connectivity index (χ1) is 8.72. The number of ether oxygens (including phenoxy) is 1. The minimum Gasteiger partial charge on any atom is -0.496 e. The molecule has 1 aromatic rings. The molecule has 1 aromatic carbocycles. The standard InChI is InChI=1S/C16H25NO/c1-12(2)6-4-8-15-13-7-5-9-16(18-3)14(13)10-11-17-15/h5,7,9,12,15,17H,4,6,8,10-11H2,1-3H3. The third-order valence-electron chi connectivity index (χ3n) is 3.80. The molecule has 100 valence electrons. The number of methoxy groups -OCH3 is 1. The van der Waals surface area contributed by atoms with Gasteiger partial charge in [0.15, 0.2) is 0 Å². The molecule has 0 fully saturated rings. The highest BCUT2D eigenvalue weighted by Gasteiger charge is 2.21. The molecule has 2 rings (SSSR count). The van der Waals surface area contributed by atoms with Crippen molar-refractivity contribution in [3.8, 4) is 5.75 Å². The van der Waals surface area contributed by atoms with Crippen molar-refractivity contribution in [3.05, 3.63) is 29.3 Å². The average Bonchev–Trinajstić information content (AvgIpc) is 2.38. The summed E-state index contributed by atoms with van der Waals surface area (Å²) in [7, 11) is 1.77. The first kappa shape index (κ1) is 13.4. The van der Waals surface area contributed by atoms with Crippen LogP contribution in [0.2, 0.25) is 0 Å². The predicted octanol–water partition coefficient (Wildman–Crippen LogP) is 3.71. The number of rotatable bonds is 5. The highest BCUT2D eigenvalue weighted by molar-refractivity contribution is 5.43. The molecule has 1 aliphatic rings. The Morgan fingerprint density at radius 1 is 1.39 bits per heavy atom. The van der Waals surface area contributed by atoms with Gasteiger partial charge in [0.05, 0.1) is 7.11 Å². The summed E-state index contributed by atoms with van der Waals surface area (Å²) in [5.74, 6) is 1.86. The summed E-state index contributed by atoms with van der Waals surface area (Å²) in [6, 6.07) is 6.96. The molecule has 0 amide bonds. The summed E-state index contributed by atoms with van der Waals surface area (Å²) in [6.45, 7) is 5.66. The summed E-state index contributed by atoms with van der Waals surface area (Å²) >= 11 is 0. The van der Waals surface area contributed by atoms with Gasteiger partial charge in [-0.1, -0.05) is 38.8 Å². The van der Waals surface area contributed by atoms with Gasteiger partial charge < -0.3 is 10.1 Å². The van der Waals surface area contributed by atoms with Crippen molar-refractivity contribution in [1.29, 1.82) is 0 Å². The maximum Gasteiger partial charge on any atom is 0.122 e. The molecule has 0 aliphatic carbocycles. The molecule has 18 heavy (non-hydrogen) atoms. The van der Waals surface area contributed by atoms with Crippen molar-refractivity contribution < 1.29 is 4.74 Å². The maximum absolute atomic E-state index is 5.48. The Morgan fingerprint density at radius 3 is 2.94 bits per heavy atom. The van der Waals surface area contributed by atoms with Gasteiger partial charge in [0.2, 0.25) is 0 Å². The lowest BCUT2D eigenvalue weighted by atomic mass is 9.90. The highest BCUT2D eigenvalue weighted by atomic mass is 16.5. The Hall–Kier alpha value is -1.02. The molecular weight excluding hydrogens is 222 g/mol. The van der Waals surface area contributed by atoms with Gasteiger partial charge in [0.25, 0.3) is 0 Å². The fourth-order valence-corrected chi connectivity index (χ4v) is 2.84. The third kappa shape index (κ3) is 3.05. The van der Waals surface area contributed by atoms with Crippen LogP contribution in [-0.4, -0.2) is 13.7 Å². The van der Waals surface area contributed by atoms with Gasteiger partial charge in [-0.3, -0.25) is 0 Å². The van der Waals surface area contributed by atoms with Crippen LogP contribution in [0.1, 0.15) is 50.3 Å². The van der Waals surface area contributed by atoms with E-state index in [2.05, 4.69) is 37.4 Å². The molecular formula is C16H25NO. The van der Waals surface area contributed by atoms with Crippen molar-refractivity contribution in [1.82, 2.24) is 5.32 Å². The second-order valence-electron chi connectivity index (χ2n) is 5.61. The molecule has 0 bridgehead atoms. The molecule has 1 N–H and O–H groups in total. The quantitative estimate of drug-likeness (QED) is 0.856. The van der Waals surface area contributed by atoms with Gasteiger partial charge in [0, 0.05) is 11.6 Å². The Bertz CT molecular complexity index is 387. The zero-order valence-corrected chi connectivity index (χ0v) is 11.8. The molecule has 0 spiro atoms. The van der Waals surface area contributed by atoms with E-state index >= 15 is 0 Å². The molecule has 0 saturated carbocycles. The smallest absolute Gasteiger partial charge is 0.122 e. The van der Waals surface area contributed by atoms with Crippen molar-refractivity contribution in [2.75, 3.05) is 13.7 Å². The molecule has 0 saturated heterocycles. The Balaban J connectivity index is 2.08. The zero-order chi connectivity index (χ0) is 13.0. The molecule has 1 heterocycles. The normalized spacial score (nSPS) is 18.8. The van der Waals surface area contributed by atoms with E-state index in [1.165, 1.54) is 30.4 Å². The molecule has 1 aliphatic heterocycles. The van der Waals surface area contributed by atoms with Crippen LogP contribution in [-0.2, 0) is 6.42 Å². The number of hydrogen-bond donors (Lipinski definition) is 1. The minimum absolute atomic E-state index is 0.516. The Kier molecular flexibility index (Phi) is 4.65. The SMILES string of the molecule is COc1cccc2c1CCNC2CCCC(C)C. The predicted molar refractivity (Wildman–Crippen MR) is 76.1 cm³/mol. The second kappa shape index (κ2) is 6.24. The van der Waals surface area contributed by atoms with Gasteiger partial charge >= 0.3 is 0 Å². The van der Waals surface area contributed by atoms with Gasteiger partial charge in [-0.2, -0.15) is 0 Å². The molecule has 2 heteroatoms. The van der Waals surface area contributed by atoms with Crippen LogP contribution in [0.5, 0.6) is 5.75 Å². The summed E-state index contributed by atoms with van der Waals surface area (Å²) in [5.41, 5.74) is 2.86. The number of fused-ring (bicyclic) bond motifs is 1. The van der Waals surface area contributed by atoms with E-state index in [0.29, 0.717) is 6.04 Å². The Morgan fingerprint density at radius 2 is 2.22 bits per heavy atom. The fraction of sp³-hybridized carbons (Fsp3) is 0.625. The van der Waals surface area contributed by atoms with Crippen molar-refractivity contribution in [2.45, 2.75) is 45.6 Å². The van der Waals surface area contributed by atoms with E-state index in [4.69, 9.17) is 4.74 Å². The zero-order valence-electron chi connectivity index (χ0n) is 11.8. The van der Waals surface area contributed by atoms with E-state index in [0.717, 1.165) is 24.6 Å². The van der Waals surface area contributed by atoms with E-state index < -0.39 is 0 Å². The van der Waals surface area contributed by atoms with Crippen LogP contribution in [0.15, 0.2) is 18.2 Å². The first-order valence-electron chi connectivity index (χ1n) is 7.11. The van der Waals surface area contributed by atoms with Gasteiger partial charge in [-0.15, -0.1) is 0 Å². The van der Waals surface area contributed by atoms with E-state index in [-0.39, 0.29) is 0 Å². The molecule has 2 nitrogen and oxygen atoms in total. The van der Waals surface area contributed by atoms with Crippen molar-refractivity contribution in [2.24, 2.45) is 5.92 Å². The Labute approximate surface area is 111 Å². The number of benzene rings is 1. The van der Waals surface area contributed by atoms with E-state index in [1.54, 1.807) is 7.11 Å². The van der Waals surface area contributed by atoms with Crippen LogP contribution >= 0.6 is 0 Å². The average molecular weight is 247 g/mol. The maximum atomic E-state index is 5.48. The minimum atomic E-state index is 0.516. The van der Waals surface area contributed by atoms with Gasteiger partial charge in [-0.05, 0) is 36.9 Å². The van der Waals surface area contributed by atoms with Crippen molar-refractivity contribution >= 4 is 0 Å². The van der Waals surface area contributed by atoms with Crippen LogP contribution in [0.4, 0.5) is 0 Å². The van der Waals surface area contributed by atoms with Gasteiger partial charge in [-0.25, -0.2) is 0 Å². The fourth-order valence-electron chi connectivity index (χ4n) is 2.84. The van der Waals surface area contributed by atoms with Gasteiger partial charge in [0.1, 0.15) is 5.75 Å². The lowest BCUT2D eigenvalue weighted by Gasteiger charge is -2.28. The first-order valence-corrected chi connectivity index (χ1v) is 7.11. The molecule has 1 atom stereocenters. The van der Waals surface area contributed by atoms with Crippen LogP contribution in [0.25, 0.3) is 0 Å². The summed E-state index contributed by atoms with van der Waals surface area (Å²) in [6.07, 6.45) is 4.93.